The molecule has 1 saturated carbocycles. The lowest BCUT2D eigenvalue weighted by Gasteiger charge is -2.11. The predicted octanol–water partition coefficient (Wildman–Crippen LogP) is 1.25. The monoisotopic (exact) mass is 343 g/mol. The smallest absolute Gasteiger partial charge is 0.330 e. The standard InChI is InChI=1S/C17H21N5O3/c1-12-6-8-13(9-7-12)17-19-21-22(20-17)10-16(24)25-11-15(23)18-14-4-2-3-5-14/h6-9,14H,2-5,10-11H2,1H3,(H,18,23). The fourth-order valence-electron chi connectivity index (χ4n) is 2.78. The number of benzene rings is 1. The third kappa shape index (κ3) is 4.85. The van der Waals surface area contributed by atoms with Gasteiger partial charge in [0.05, 0.1) is 0 Å². The molecule has 1 aromatic heterocycles. The van der Waals surface area contributed by atoms with E-state index in [4.69, 9.17) is 4.74 Å². The molecule has 1 heterocycles. The van der Waals surface area contributed by atoms with Crippen LogP contribution in [0, 0.1) is 6.92 Å². The Morgan fingerprint density at radius 1 is 1.24 bits per heavy atom. The zero-order valence-electron chi connectivity index (χ0n) is 14.1. The van der Waals surface area contributed by atoms with Gasteiger partial charge in [0.15, 0.2) is 13.2 Å². The number of carbonyl (C=O) groups excluding carboxylic acids is 2. The molecule has 0 atom stereocenters. The summed E-state index contributed by atoms with van der Waals surface area (Å²) in [5.74, 6) is -0.409. The molecule has 132 valence electrons. The molecule has 1 aliphatic carbocycles. The van der Waals surface area contributed by atoms with Crippen LogP contribution in [-0.2, 0) is 20.9 Å². The lowest BCUT2D eigenvalue weighted by molar-refractivity contribution is -0.149. The predicted molar refractivity (Wildman–Crippen MR) is 89.3 cm³/mol. The molecule has 8 heteroatoms. The molecular formula is C17H21N5O3. The van der Waals surface area contributed by atoms with Gasteiger partial charge in [0.25, 0.3) is 5.91 Å². The highest BCUT2D eigenvalue weighted by atomic mass is 16.5. The molecular weight excluding hydrogens is 322 g/mol. The van der Waals surface area contributed by atoms with E-state index in [9.17, 15) is 9.59 Å². The highest BCUT2D eigenvalue weighted by Crippen LogP contribution is 2.17. The van der Waals surface area contributed by atoms with Crippen molar-refractivity contribution in [3.63, 3.8) is 0 Å². The van der Waals surface area contributed by atoms with E-state index in [1.807, 2.05) is 31.2 Å². The maximum absolute atomic E-state index is 11.8. The van der Waals surface area contributed by atoms with Crippen molar-refractivity contribution in [1.82, 2.24) is 25.5 Å². The number of hydrogen-bond donors (Lipinski definition) is 1. The van der Waals surface area contributed by atoms with Crippen LogP contribution >= 0.6 is 0 Å². The average Bonchev–Trinajstić information content (AvgIpc) is 3.26. The Morgan fingerprint density at radius 2 is 1.96 bits per heavy atom. The van der Waals surface area contributed by atoms with Gasteiger partial charge in [-0.1, -0.05) is 42.7 Å². The molecule has 0 unspecified atom stereocenters. The summed E-state index contributed by atoms with van der Waals surface area (Å²) >= 11 is 0. The third-order valence-electron chi connectivity index (χ3n) is 4.12. The molecule has 8 nitrogen and oxygen atoms in total. The Balaban J connectivity index is 1.46. The van der Waals surface area contributed by atoms with Crippen LogP contribution in [0.25, 0.3) is 11.4 Å². The molecule has 1 N–H and O–H groups in total. The largest absolute Gasteiger partial charge is 0.454 e. The molecule has 3 rings (SSSR count). The summed E-state index contributed by atoms with van der Waals surface area (Å²) in [5.41, 5.74) is 1.96. The number of hydrogen-bond acceptors (Lipinski definition) is 6. The molecule has 0 aliphatic heterocycles. The summed E-state index contributed by atoms with van der Waals surface area (Å²) in [7, 11) is 0. The molecule has 1 aliphatic rings. The normalized spacial score (nSPS) is 14.4. The SMILES string of the molecule is Cc1ccc(-c2nnn(CC(=O)OCC(=O)NC3CCCC3)n2)cc1. The Kier molecular flexibility index (Phi) is 5.37. The second-order valence-corrected chi connectivity index (χ2v) is 6.22. The van der Waals surface area contributed by atoms with Gasteiger partial charge in [0.2, 0.25) is 5.82 Å². The highest BCUT2D eigenvalue weighted by Gasteiger charge is 2.18. The fourth-order valence-corrected chi connectivity index (χ4v) is 2.78. The van der Waals surface area contributed by atoms with E-state index in [1.165, 1.54) is 0 Å². The molecule has 1 fully saturated rings. The van der Waals surface area contributed by atoms with Crippen molar-refractivity contribution in [2.45, 2.75) is 45.2 Å². The number of amides is 1. The maximum Gasteiger partial charge on any atom is 0.330 e. The number of aryl methyl sites for hydroxylation is 1. The van der Waals surface area contributed by atoms with Gasteiger partial charge >= 0.3 is 5.97 Å². The number of aromatic nitrogens is 4. The van der Waals surface area contributed by atoms with Crippen molar-refractivity contribution >= 4 is 11.9 Å². The quantitative estimate of drug-likeness (QED) is 0.793. The first-order chi connectivity index (χ1) is 12.1. The lowest BCUT2D eigenvalue weighted by Crippen LogP contribution is -2.36. The van der Waals surface area contributed by atoms with Crippen LogP contribution in [0.4, 0.5) is 0 Å². The van der Waals surface area contributed by atoms with E-state index >= 15 is 0 Å². The van der Waals surface area contributed by atoms with Gasteiger partial charge in [0.1, 0.15) is 0 Å². The van der Waals surface area contributed by atoms with Gasteiger partial charge in [-0.3, -0.25) is 4.79 Å². The van der Waals surface area contributed by atoms with Crippen LogP contribution in [0.15, 0.2) is 24.3 Å². The molecule has 2 aromatic rings. The number of tetrazole rings is 1. The first-order valence-corrected chi connectivity index (χ1v) is 8.40. The molecule has 1 aromatic carbocycles. The summed E-state index contributed by atoms with van der Waals surface area (Å²) in [6.45, 7) is 1.53. The summed E-state index contributed by atoms with van der Waals surface area (Å²) in [5, 5.41) is 14.8. The third-order valence-corrected chi connectivity index (χ3v) is 4.12. The number of nitrogens with zero attached hydrogens (tertiary/aromatic N) is 4. The molecule has 0 radical (unpaired) electrons. The zero-order valence-corrected chi connectivity index (χ0v) is 14.1. The van der Waals surface area contributed by atoms with E-state index < -0.39 is 5.97 Å². The number of esters is 1. The van der Waals surface area contributed by atoms with Gasteiger partial charge in [-0.25, -0.2) is 4.79 Å². The molecule has 1 amide bonds. The number of nitrogens with one attached hydrogen (secondary N) is 1. The lowest BCUT2D eigenvalue weighted by atomic mass is 10.1. The first-order valence-electron chi connectivity index (χ1n) is 8.40. The van der Waals surface area contributed by atoms with Crippen LogP contribution in [0.5, 0.6) is 0 Å². The maximum atomic E-state index is 11.8. The summed E-state index contributed by atoms with van der Waals surface area (Å²) in [4.78, 5) is 24.7. The Morgan fingerprint density at radius 3 is 2.68 bits per heavy atom. The van der Waals surface area contributed by atoms with Crippen LogP contribution < -0.4 is 5.32 Å². The first kappa shape index (κ1) is 17.1. The second-order valence-electron chi connectivity index (χ2n) is 6.22. The van der Waals surface area contributed by atoms with Crippen LogP contribution in [0.1, 0.15) is 31.2 Å². The summed E-state index contributed by atoms with van der Waals surface area (Å²) in [6, 6.07) is 7.89. The van der Waals surface area contributed by atoms with Crippen LogP contribution in [0.2, 0.25) is 0 Å². The molecule has 25 heavy (non-hydrogen) atoms. The molecule has 0 spiro atoms. The highest BCUT2D eigenvalue weighted by molar-refractivity contribution is 5.80. The van der Waals surface area contributed by atoms with Gasteiger partial charge in [-0.15, -0.1) is 10.2 Å². The minimum atomic E-state index is -0.575. The van der Waals surface area contributed by atoms with E-state index in [0.717, 1.165) is 41.6 Å². The molecule has 0 bridgehead atoms. The summed E-state index contributed by atoms with van der Waals surface area (Å²) in [6.07, 6.45) is 4.24. The Bertz CT molecular complexity index is 735. The van der Waals surface area contributed by atoms with Gasteiger partial charge in [-0.05, 0) is 25.0 Å². The van der Waals surface area contributed by atoms with Gasteiger partial charge < -0.3 is 10.1 Å². The average molecular weight is 343 g/mol. The van der Waals surface area contributed by atoms with E-state index in [0.29, 0.717) is 5.82 Å². The minimum Gasteiger partial charge on any atom is -0.454 e. The van der Waals surface area contributed by atoms with E-state index in [1.54, 1.807) is 0 Å². The van der Waals surface area contributed by atoms with Crippen molar-refractivity contribution in [3.05, 3.63) is 29.8 Å². The van der Waals surface area contributed by atoms with E-state index in [-0.39, 0.29) is 25.1 Å². The number of rotatable bonds is 6. The molecule has 0 saturated heterocycles. The number of ether oxygens (including phenoxy) is 1. The Hall–Kier alpha value is -2.77. The second kappa shape index (κ2) is 7.87. The van der Waals surface area contributed by atoms with Crippen molar-refractivity contribution in [2.75, 3.05) is 6.61 Å². The topological polar surface area (TPSA) is 99.0 Å². The van der Waals surface area contributed by atoms with Crippen molar-refractivity contribution < 1.29 is 14.3 Å². The summed E-state index contributed by atoms with van der Waals surface area (Å²) < 4.78 is 4.97. The Labute approximate surface area is 145 Å². The zero-order chi connectivity index (χ0) is 17.6. The van der Waals surface area contributed by atoms with Gasteiger partial charge in [-0.2, -0.15) is 4.80 Å². The minimum absolute atomic E-state index is 0.185. The number of carbonyl (C=O) groups is 2. The van der Waals surface area contributed by atoms with Gasteiger partial charge in [0, 0.05) is 11.6 Å². The van der Waals surface area contributed by atoms with Crippen molar-refractivity contribution in [1.29, 1.82) is 0 Å². The van der Waals surface area contributed by atoms with Crippen LogP contribution in [-0.4, -0.2) is 44.7 Å². The van der Waals surface area contributed by atoms with E-state index in [2.05, 4.69) is 20.7 Å². The van der Waals surface area contributed by atoms with Crippen molar-refractivity contribution in [3.8, 4) is 11.4 Å². The fraction of sp³-hybridized carbons (Fsp3) is 0.471. The van der Waals surface area contributed by atoms with Crippen LogP contribution in [0.3, 0.4) is 0 Å². The van der Waals surface area contributed by atoms with Crippen molar-refractivity contribution in [2.24, 2.45) is 0 Å².